The van der Waals surface area contributed by atoms with Crippen LogP contribution in [-0.2, 0) is 34.8 Å². The molecule has 0 aliphatic carbocycles. The summed E-state index contributed by atoms with van der Waals surface area (Å²) in [5.41, 5.74) is 0. The maximum atomic E-state index is 10.3. The van der Waals surface area contributed by atoms with Crippen molar-refractivity contribution in [2.24, 2.45) is 0 Å². The van der Waals surface area contributed by atoms with Crippen LogP contribution in [0.2, 0.25) is 8.87 Å². The number of carbonyl (C=O) groups is 2. The normalized spacial score (nSPS) is 9.52. The first-order valence-electron chi connectivity index (χ1n) is 12.1. The summed E-state index contributed by atoms with van der Waals surface area (Å²) in [5.74, 6) is 0. The summed E-state index contributed by atoms with van der Waals surface area (Å²) >= 11 is 8.99. The summed E-state index contributed by atoms with van der Waals surface area (Å²) in [7, 11) is 0. The molecule has 0 aromatic rings. The Bertz CT molecular complexity index is 296. The van der Waals surface area contributed by atoms with E-state index in [9.17, 15) is 9.59 Å². The van der Waals surface area contributed by atoms with Gasteiger partial charge in [-0.1, -0.05) is 65.2 Å². The Hall–Kier alpha value is 0.579. The third-order valence-electron chi connectivity index (χ3n) is 4.38. The van der Waals surface area contributed by atoms with Crippen LogP contribution in [-0.4, -0.2) is 31.4 Å². The summed E-state index contributed by atoms with van der Waals surface area (Å²) in [5, 5.41) is -0.173. The zero-order valence-electron chi connectivity index (χ0n) is 19.9. The van der Waals surface area contributed by atoms with E-state index < -0.39 is 0 Å². The van der Waals surface area contributed by atoms with E-state index in [4.69, 9.17) is 0 Å². The van der Waals surface area contributed by atoms with Crippen LogP contribution in [0.5, 0.6) is 0 Å². The van der Waals surface area contributed by atoms with Gasteiger partial charge in [0.1, 0.15) is 0 Å². The molecule has 5 heteroatoms. The molecule has 0 spiro atoms. The molecule has 172 valence electrons. The number of carbonyl (C=O) groups excluding carboxylic acids is 2. The molecule has 2 nitrogen and oxygen atoms in total. The van der Waals surface area contributed by atoms with E-state index in [2.05, 4.69) is 53.0 Å². The summed E-state index contributed by atoms with van der Waals surface area (Å²) in [6.07, 6.45) is 18.9. The van der Waals surface area contributed by atoms with E-state index in [0.29, 0.717) is 12.8 Å². The van der Waals surface area contributed by atoms with Crippen LogP contribution in [0.4, 0.5) is 0 Å². The SMILES string of the molecule is CCCCCCCC(=O)[S-].CCCCCCCC(=O)[S-].CCC[CH2][Sn+2][CH2]CCC. The van der Waals surface area contributed by atoms with Crippen molar-refractivity contribution in [3.63, 3.8) is 0 Å². The number of hydrogen-bond donors (Lipinski definition) is 0. The van der Waals surface area contributed by atoms with Gasteiger partial charge in [-0.15, -0.1) is 0 Å². The Morgan fingerprint density at radius 2 is 0.828 bits per heavy atom. The molecular weight excluding hydrogens is 503 g/mol. The molecular formula is C24H48O2S2Sn. The van der Waals surface area contributed by atoms with Gasteiger partial charge in [-0.2, -0.15) is 0 Å². The summed E-state index contributed by atoms with van der Waals surface area (Å²) in [4.78, 5) is 20.6. The minimum atomic E-state index is -0.0866. The summed E-state index contributed by atoms with van der Waals surface area (Å²) in [6.45, 7) is 8.94. The van der Waals surface area contributed by atoms with Crippen molar-refractivity contribution in [3.8, 4) is 0 Å². The van der Waals surface area contributed by atoms with Crippen molar-refractivity contribution in [3.05, 3.63) is 0 Å². The average molecular weight is 551 g/mol. The third kappa shape index (κ3) is 47.7. The molecule has 0 aliphatic heterocycles. The van der Waals surface area contributed by atoms with Crippen molar-refractivity contribution < 1.29 is 9.59 Å². The number of unbranched alkanes of at least 4 members (excludes halogenated alkanes) is 10. The van der Waals surface area contributed by atoms with E-state index in [-0.39, 0.29) is 31.4 Å². The topological polar surface area (TPSA) is 34.1 Å². The second-order valence-corrected chi connectivity index (χ2v) is 12.7. The van der Waals surface area contributed by atoms with Crippen LogP contribution in [0.3, 0.4) is 0 Å². The fourth-order valence-corrected chi connectivity index (χ4v) is 6.92. The van der Waals surface area contributed by atoms with E-state index in [0.717, 1.165) is 25.7 Å². The molecule has 0 unspecified atom stereocenters. The van der Waals surface area contributed by atoms with Gasteiger partial charge in [0.05, 0.1) is 0 Å². The van der Waals surface area contributed by atoms with Crippen LogP contribution in [0.15, 0.2) is 0 Å². The molecule has 0 radical (unpaired) electrons. The number of hydrogen-bond acceptors (Lipinski definition) is 4. The molecule has 0 aromatic heterocycles. The molecule has 0 fully saturated rings. The van der Waals surface area contributed by atoms with Crippen LogP contribution in [0.1, 0.15) is 130 Å². The van der Waals surface area contributed by atoms with Crippen molar-refractivity contribution in [2.45, 2.75) is 139 Å². The Morgan fingerprint density at radius 3 is 1.10 bits per heavy atom. The van der Waals surface area contributed by atoms with E-state index in [1.807, 2.05) is 0 Å². The molecule has 0 heterocycles. The van der Waals surface area contributed by atoms with Crippen LogP contribution >= 0.6 is 0 Å². The first-order valence-corrected chi connectivity index (χ1v) is 16.9. The second kappa shape index (κ2) is 33.2. The molecule has 0 aromatic carbocycles. The minimum absolute atomic E-state index is 0.0866. The molecule has 0 rings (SSSR count). The predicted octanol–water partition coefficient (Wildman–Crippen LogP) is 7.97. The van der Waals surface area contributed by atoms with Crippen LogP contribution in [0, 0.1) is 0 Å². The molecule has 0 atom stereocenters. The van der Waals surface area contributed by atoms with Crippen LogP contribution in [0.25, 0.3) is 0 Å². The maximum absolute atomic E-state index is 10.3. The monoisotopic (exact) mass is 552 g/mol. The molecule has 0 saturated heterocycles. The fourth-order valence-electron chi connectivity index (χ4n) is 2.47. The van der Waals surface area contributed by atoms with E-state index >= 15 is 0 Å². The molecule has 0 amide bonds. The number of rotatable bonds is 18. The van der Waals surface area contributed by atoms with Gasteiger partial charge < -0.3 is 34.8 Å². The first-order chi connectivity index (χ1) is 14.0. The van der Waals surface area contributed by atoms with Crippen LogP contribution < -0.4 is 0 Å². The van der Waals surface area contributed by atoms with Crippen molar-refractivity contribution in [1.29, 1.82) is 0 Å². The average Bonchev–Trinajstić information content (AvgIpc) is 2.68. The predicted molar refractivity (Wildman–Crippen MR) is 137 cm³/mol. The zero-order chi connectivity index (χ0) is 22.6. The Kier molecular flexibility index (Phi) is 39.2. The van der Waals surface area contributed by atoms with Gasteiger partial charge >= 0.3 is 69.5 Å². The Labute approximate surface area is 204 Å². The quantitative estimate of drug-likeness (QED) is 0.0983. The van der Waals surface area contributed by atoms with Gasteiger partial charge in [-0.3, -0.25) is 0 Å². The van der Waals surface area contributed by atoms with Gasteiger partial charge in [0, 0.05) is 10.2 Å². The van der Waals surface area contributed by atoms with Crippen molar-refractivity contribution in [1.82, 2.24) is 0 Å². The van der Waals surface area contributed by atoms with Crippen molar-refractivity contribution in [2.75, 3.05) is 0 Å². The third-order valence-corrected chi connectivity index (χ3v) is 8.83. The molecule has 0 N–H and O–H groups in total. The van der Waals surface area contributed by atoms with Crippen molar-refractivity contribution >= 4 is 56.6 Å². The fraction of sp³-hybridized carbons (Fsp3) is 0.917. The van der Waals surface area contributed by atoms with Gasteiger partial charge in [0.15, 0.2) is 0 Å². The zero-order valence-corrected chi connectivity index (χ0v) is 24.3. The van der Waals surface area contributed by atoms with Gasteiger partial charge in [-0.05, 0) is 25.7 Å². The Balaban J connectivity index is -0.000000350. The Morgan fingerprint density at radius 1 is 0.517 bits per heavy atom. The standard InChI is InChI=1S/2C8H16OS.2C4H9.Sn/c2*1-2-3-4-5-6-7-8(9)10;2*1-3-4-2;/h2*2-7H2,1H3,(H,9,10);2*1,3-4H2,2H3;/q;;;;+2/p-2. The molecule has 29 heavy (non-hydrogen) atoms. The van der Waals surface area contributed by atoms with E-state index in [1.54, 1.807) is 8.87 Å². The van der Waals surface area contributed by atoms with Gasteiger partial charge in [0.25, 0.3) is 0 Å². The summed E-state index contributed by atoms with van der Waals surface area (Å²) < 4.78 is 3.25. The molecule has 0 aliphatic rings. The van der Waals surface area contributed by atoms with E-state index in [1.165, 1.54) is 64.2 Å². The first kappa shape index (κ1) is 34.2. The molecule has 0 saturated carbocycles. The second-order valence-electron chi connectivity index (χ2n) is 7.53. The molecule has 0 bridgehead atoms. The summed E-state index contributed by atoms with van der Waals surface area (Å²) in [6, 6.07) is 0. The van der Waals surface area contributed by atoms with Gasteiger partial charge in [-0.25, -0.2) is 0 Å². The van der Waals surface area contributed by atoms with Gasteiger partial charge in [0.2, 0.25) is 0 Å².